The van der Waals surface area contributed by atoms with Gasteiger partial charge in [-0.1, -0.05) is 0 Å². The molecule has 0 aliphatic rings. The summed E-state index contributed by atoms with van der Waals surface area (Å²) in [5.74, 6) is 0. The summed E-state index contributed by atoms with van der Waals surface area (Å²) in [7, 11) is 1.70. The summed E-state index contributed by atoms with van der Waals surface area (Å²) in [4.78, 5) is 4.30. The van der Waals surface area contributed by atoms with Crippen molar-refractivity contribution in [1.29, 1.82) is 0 Å². The average Bonchev–Trinajstić information content (AvgIpc) is 2.77. The Morgan fingerprint density at radius 1 is 1.59 bits per heavy atom. The molecule has 0 bridgehead atoms. The second-order valence-corrected chi connectivity index (χ2v) is 5.49. The lowest BCUT2D eigenvalue weighted by Gasteiger charge is -2.25. The minimum Gasteiger partial charge on any atom is -0.385 e. The van der Waals surface area contributed by atoms with E-state index in [0.717, 1.165) is 24.6 Å². The number of hydrogen-bond acceptors (Lipinski definition) is 4. The van der Waals surface area contributed by atoms with Crippen LogP contribution in [0.1, 0.15) is 25.3 Å². The quantitative estimate of drug-likeness (QED) is 0.612. The molecule has 1 heterocycles. The zero-order valence-corrected chi connectivity index (χ0v) is 12.1. The number of aromatic nitrogens is 1. The van der Waals surface area contributed by atoms with Crippen LogP contribution in [-0.2, 0) is 10.3 Å². The Kier molecular flexibility index (Phi) is 5.80. The van der Waals surface area contributed by atoms with E-state index in [0.29, 0.717) is 5.11 Å². The van der Waals surface area contributed by atoms with E-state index in [4.69, 9.17) is 17.0 Å². The van der Waals surface area contributed by atoms with Gasteiger partial charge < -0.3 is 15.4 Å². The normalized spacial score (nSPS) is 11.2. The highest BCUT2D eigenvalue weighted by molar-refractivity contribution is 7.80. The van der Waals surface area contributed by atoms with Gasteiger partial charge in [-0.3, -0.25) is 0 Å². The molecule has 0 saturated carbocycles. The molecule has 0 amide bonds. The number of nitrogens with one attached hydrogen (secondary N) is 2. The third-order valence-electron chi connectivity index (χ3n) is 2.20. The maximum Gasteiger partial charge on any atom is 0.167 e. The third kappa shape index (κ3) is 4.97. The second-order valence-electron chi connectivity index (χ2n) is 4.19. The highest BCUT2D eigenvalue weighted by atomic mass is 32.1. The van der Waals surface area contributed by atoms with E-state index >= 15 is 0 Å². The lowest BCUT2D eigenvalue weighted by atomic mass is 10.1. The van der Waals surface area contributed by atoms with Crippen molar-refractivity contribution in [1.82, 2.24) is 15.6 Å². The number of ether oxygens (including phenoxy) is 1. The smallest absolute Gasteiger partial charge is 0.167 e. The van der Waals surface area contributed by atoms with Gasteiger partial charge in [-0.05, 0) is 32.5 Å². The second kappa shape index (κ2) is 6.88. The predicted octanol–water partition coefficient (Wildman–Crippen LogP) is 1.88. The van der Waals surface area contributed by atoms with Gasteiger partial charge in [-0.2, -0.15) is 0 Å². The molecule has 96 valence electrons. The lowest BCUT2D eigenvalue weighted by Crippen LogP contribution is -2.46. The van der Waals surface area contributed by atoms with Crippen LogP contribution in [0.15, 0.2) is 11.6 Å². The Hall–Kier alpha value is -0.720. The van der Waals surface area contributed by atoms with Crippen molar-refractivity contribution in [3.63, 3.8) is 0 Å². The first-order chi connectivity index (χ1) is 8.06. The molecule has 1 rings (SSSR count). The monoisotopic (exact) mass is 273 g/mol. The van der Waals surface area contributed by atoms with Crippen molar-refractivity contribution >= 4 is 28.7 Å². The Balaban J connectivity index is 2.35. The molecule has 0 saturated heterocycles. The van der Waals surface area contributed by atoms with Crippen molar-refractivity contribution in [3.8, 4) is 0 Å². The zero-order chi connectivity index (χ0) is 12.7. The number of hydrogen-bond donors (Lipinski definition) is 2. The molecule has 0 fully saturated rings. The zero-order valence-electron chi connectivity index (χ0n) is 10.4. The van der Waals surface area contributed by atoms with Gasteiger partial charge in [0.2, 0.25) is 0 Å². The molecule has 0 aromatic carbocycles. The Bertz CT molecular complexity index is 338. The van der Waals surface area contributed by atoms with Gasteiger partial charge in [0, 0.05) is 31.8 Å². The van der Waals surface area contributed by atoms with Crippen LogP contribution >= 0.6 is 23.6 Å². The fourth-order valence-corrected chi connectivity index (χ4v) is 2.41. The largest absolute Gasteiger partial charge is 0.385 e. The maximum absolute atomic E-state index is 5.24. The Labute approximate surface area is 112 Å². The number of nitrogens with zero attached hydrogens (tertiary/aromatic N) is 1. The van der Waals surface area contributed by atoms with Gasteiger partial charge in [0.15, 0.2) is 5.11 Å². The first-order valence-corrected chi connectivity index (χ1v) is 6.80. The number of thiocarbonyl (C=S) groups is 1. The van der Waals surface area contributed by atoms with Crippen LogP contribution in [0.4, 0.5) is 0 Å². The summed E-state index contributed by atoms with van der Waals surface area (Å²) in [5.41, 5.74) is -0.237. The maximum atomic E-state index is 5.24. The number of rotatable bonds is 6. The minimum absolute atomic E-state index is 0.237. The Morgan fingerprint density at radius 3 is 2.94 bits per heavy atom. The van der Waals surface area contributed by atoms with Gasteiger partial charge in [-0.15, -0.1) is 11.3 Å². The first-order valence-electron chi connectivity index (χ1n) is 5.51. The summed E-state index contributed by atoms with van der Waals surface area (Å²) >= 11 is 6.86. The fraction of sp³-hybridized carbons (Fsp3) is 0.636. The summed E-state index contributed by atoms with van der Waals surface area (Å²) in [5, 5.41) is 10.1. The molecule has 0 unspecified atom stereocenters. The molecule has 6 heteroatoms. The van der Waals surface area contributed by atoms with Crippen molar-refractivity contribution in [2.75, 3.05) is 20.3 Å². The van der Waals surface area contributed by atoms with E-state index in [2.05, 4.69) is 29.5 Å². The lowest BCUT2D eigenvalue weighted by molar-refractivity contribution is 0.195. The average molecular weight is 273 g/mol. The van der Waals surface area contributed by atoms with Crippen LogP contribution in [0.5, 0.6) is 0 Å². The fourth-order valence-electron chi connectivity index (χ4n) is 1.33. The molecule has 0 radical (unpaired) electrons. The molecule has 0 spiro atoms. The van der Waals surface area contributed by atoms with Crippen molar-refractivity contribution in [2.24, 2.45) is 0 Å². The third-order valence-corrected chi connectivity index (χ3v) is 3.55. The summed E-state index contributed by atoms with van der Waals surface area (Å²) < 4.78 is 4.97. The summed E-state index contributed by atoms with van der Waals surface area (Å²) in [6, 6.07) is 0. The van der Waals surface area contributed by atoms with E-state index in [-0.39, 0.29) is 5.54 Å². The van der Waals surface area contributed by atoms with Crippen LogP contribution in [0.3, 0.4) is 0 Å². The molecule has 0 aliphatic heterocycles. The molecule has 0 aliphatic carbocycles. The van der Waals surface area contributed by atoms with Crippen molar-refractivity contribution < 1.29 is 4.74 Å². The molecule has 2 N–H and O–H groups in total. The molecule has 17 heavy (non-hydrogen) atoms. The van der Waals surface area contributed by atoms with Crippen molar-refractivity contribution in [3.05, 3.63) is 16.6 Å². The van der Waals surface area contributed by atoms with Crippen LogP contribution in [0.25, 0.3) is 0 Å². The molecule has 1 aromatic heterocycles. The van der Waals surface area contributed by atoms with Crippen LogP contribution in [-0.4, -0.2) is 30.4 Å². The molecular formula is C11H19N3OS2. The first kappa shape index (κ1) is 14.3. The van der Waals surface area contributed by atoms with E-state index in [9.17, 15) is 0 Å². The standard InChI is InChI=1S/C11H19N3OS2/c1-11(2,9-12-6-8-17-9)14-10(16)13-5-4-7-15-3/h6,8H,4-5,7H2,1-3H3,(H2,13,14,16). The van der Waals surface area contributed by atoms with Gasteiger partial charge in [0.25, 0.3) is 0 Å². The molecule has 0 atom stereocenters. The highest BCUT2D eigenvalue weighted by Gasteiger charge is 2.23. The van der Waals surface area contributed by atoms with E-state index in [1.54, 1.807) is 24.6 Å². The van der Waals surface area contributed by atoms with Crippen LogP contribution < -0.4 is 10.6 Å². The van der Waals surface area contributed by atoms with Gasteiger partial charge in [0.05, 0.1) is 5.54 Å². The van der Waals surface area contributed by atoms with Crippen LogP contribution in [0.2, 0.25) is 0 Å². The van der Waals surface area contributed by atoms with Crippen molar-refractivity contribution in [2.45, 2.75) is 25.8 Å². The van der Waals surface area contributed by atoms with E-state index < -0.39 is 0 Å². The predicted molar refractivity (Wildman–Crippen MR) is 75.4 cm³/mol. The number of methoxy groups -OCH3 is 1. The minimum atomic E-state index is -0.237. The van der Waals surface area contributed by atoms with E-state index in [1.165, 1.54) is 0 Å². The number of thiazole rings is 1. The van der Waals surface area contributed by atoms with Gasteiger partial charge in [-0.25, -0.2) is 4.98 Å². The highest BCUT2D eigenvalue weighted by Crippen LogP contribution is 2.21. The van der Waals surface area contributed by atoms with Gasteiger partial charge >= 0.3 is 0 Å². The van der Waals surface area contributed by atoms with Gasteiger partial charge in [0.1, 0.15) is 5.01 Å². The molecule has 4 nitrogen and oxygen atoms in total. The SMILES string of the molecule is COCCCNC(=S)NC(C)(C)c1nccs1. The topological polar surface area (TPSA) is 46.2 Å². The van der Waals surface area contributed by atoms with E-state index in [1.807, 2.05) is 5.38 Å². The molecule has 1 aromatic rings. The summed E-state index contributed by atoms with van der Waals surface area (Å²) in [6.07, 6.45) is 2.74. The molecular weight excluding hydrogens is 254 g/mol. The van der Waals surface area contributed by atoms with Crippen LogP contribution in [0, 0.1) is 0 Å². The summed E-state index contributed by atoms with van der Waals surface area (Å²) in [6.45, 7) is 5.68. The Morgan fingerprint density at radius 2 is 2.35 bits per heavy atom.